The van der Waals surface area contributed by atoms with E-state index in [1.54, 1.807) is 24.3 Å². The lowest BCUT2D eigenvalue weighted by atomic mass is 10.1. The molecular weight excluding hydrogens is 358 g/mol. The van der Waals surface area contributed by atoms with E-state index < -0.39 is 6.03 Å². The van der Waals surface area contributed by atoms with Gasteiger partial charge >= 0.3 is 6.03 Å². The van der Waals surface area contributed by atoms with Gasteiger partial charge in [-0.15, -0.1) is 0 Å². The summed E-state index contributed by atoms with van der Waals surface area (Å²) in [5.74, 6) is 0.654. The fourth-order valence-electron chi connectivity index (χ4n) is 3.11. The van der Waals surface area contributed by atoms with Crippen LogP contribution in [0.1, 0.15) is 16.7 Å². The Morgan fingerprint density at radius 3 is 2.44 bits per heavy atom. The van der Waals surface area contributed by atoms with Crippen LogP contribution in [0.2, 0.25) is 5.02 Å². The Labute approximate surface area is 163 Å². The number of hydrogen-bond acceptors (Lipinski definition) is 1. The van der Waals surface area contributed by atoms with Crippen molar-refractivity contribution in [3.8, 4) is 0 Å². The Morgan fingerprint density at radius 1 is 1.00 bits per heavy atom. The number of fused-ring (bicyclic) bond motifs is 1. The Bertz CT molecular complexity index is 1010. The maximum atomic E-state index is 12.5. The number of nitrogens with zero attached hydrogens (tertiary/aromatic N) is 2. The van der Waals surface area contributed by atoms with Gasteiger partial charge in [-0.1, -0.05) is 53.6 Å². The summed E-state index contributed by atoms with van der Waals surface area (Å²) in [7, 11) is 0. The van der Waals surface area contributed by atoms with Gasteiger partial charge in [0.2, 0.25) is 0 Å². The molecule has 1 aliphatic rings. The van der Waals surface area contributed by atoms with E-state index >= 15 is 0 Å². The van der Waals surface area contributed by atoms with Crippen molar-refractivity contribution in [3.63, 3.8) is 0 Å². The van der Waals surface area contributed by atoms with Crippen molar-refractivity contribution in [2.24, 2.45) is 4.99 Å². The second-order valence-corrected chi connectivity index (χ2v) is 6.89. The molecular formula is C22H18ClN3O. The molecule has 134 valence electrons. The summed E-state index contributed by atoms with van der Waals surface area (Å²) in [5, 5.41) is 3.42. The highest BCUT2D eigenvalue weighted by Crippen LogP contribution is 2.29. The lowest BCUT2D eigenvalue weighted by Gasteiger charge is -2.19. The smallest absolute Gasteiger partial charge is 0.321 e. The highest BCUT2D eigenvalue weighted by Gasteiger charge is 2.27. The van der Waals surface area contributed by atoms with E-state index in [4.69, 9.17) is 11.6 Å². The number of aryl methyl sites for hydroxylation is 1. The number of rotatable bonds is 2. The number of urea groups is 1. The monoisotopic (exact) mass is 375 g/mol. The molecule has 0 saturated heterocycles. The molecule has 0 unspecified atom stereocenters. The van der Waals surface area contributed by atoms with Crippen molar-refractivity contribution < 1.29 is 4.79 Å². The summed E-state index contributed by atoms with van der Waals surface area (Å²) in [5.41, 5.74) is 4.98. The minimum atomic E-state index is -0.416. The largest absolute Gasteiger partial charge is 0.347 e. The zero-order chi connectivity index (χ0) is 18.8. The zero-order valence-electron chi connectivity index (χ0n) is 14.8. The quantitative estimate of drug-likeness (QED) is 0.629. The van der Waals surface area contributed by atoms with E-state index in [-0.39, 0.29) is 0 Å². The molecule has 27 heavy (non-hydrogen) atoms. The number of amides is 2. The Kier molecular flexibility index (Phi) is 4.65. The van der Waals surface area contributed by atoms with Gasteiger partial charge in [-0.25, -0.2) is 4.79 Å². The van der Waals surface area contributed by atoms with E-state index in [9.17, 15) is 4.79 Å². The second-order valence-electron chi connectivity index (χ2n) is 6.45. The number of anilines is 2. The third kappa shape index (κ3) is 3.71. The van der Waals surface area contributed by atoms with Crippen LogP contribution in [-0.2, 0) is 6.54 Å². The first kappa shape index (κ1) is 17.3. The molecule has 0 radical (unpaired) electrons. The van der Waals surface area contributed by atoms with Crippen LogP contribution in [0.4, 0.5) is 16.2 Å². The Balaban J connectivity index is 1.67. The van der Waals surface area contributed by atoms with Crippen LogP contribution >= 0.6 is 11.6 Å². The van der Waals surface area contributed by atoms with Gasteiger partial charge in [0, 0.05) is 22.0 Å². The minimum Gasteiger partial charge on any atom is -0.321 e. The SMILES string of the molecule is Cc1ccc(N2Cc3ccccc3C2=NC(=O)Nc2ccc(Cl)cc2)cc1. The van der Waals surface area contributed by atoms with Crippen LogP contribution in [0.5, 0.6) is 0 Å². The van der Waals surface area contributed by atoms with Crippen molar-refractivity contribution in [2.45, 2.75) is 13.5 Å². The summed E-state index contributed by atoms with van der Waals surface area (Å²) >= 11 is 5.89. The maximum Gasteiger partial charge on any atom is 0.347 e. The zero-order valence-corrected chi connectivity index (χ0v) is 15.6. The Morgan fingerprint density at radius 2 is 1.70 bits per heavy atom. The number of carbonyl (C=O) groups excluding carboxylic acids is 1. The average molecular weight is 376 g/mol. The summed E-state index contributed by atoms with van der Waals surface area (Å²) in [6.07, 6.45) is 0. The van der Waals surface area contributed by atoms with Crippen molar-refractivity contribution in [1.82, 2.24) is 0 Å². The standard InChI is InChI=1S/C22H18ClN3O/c1-15-6-12-19(13-7-15)26-14-16-4-2-3-5-20(16)21(26)25-22(27)24-18-10-8-17(23)9-11-18/h2-13H,14H2,1H3,(H,24,27). The van der Waals surface area contributed by atoms with Gasteiger partial charge in [-0.2, -0.15) is 4.99 Å². The average Bonchev–Trinajstić information content (AvgIpc) is 3.03. The van der Waals surface area contributed by atoms with Crippen molar-refractivity contribution in [1.29, 1.82) is 0 Å². The van der Waals surface area contributed by atoms with Crippen molar-refractivity contribution in [2.75, 3.05) is 10.2 Å². The van der Waals surface area contributed by atoms with Crippen LogP contribution in [0, 0.1) is 6.92 Å². The molecule has 1 aliphatic heterocycles. The van der Waals surface area contributed by atoms with Gasteiger partial charge in [0.1, 0.15) is 5.84 Å². The predicted octanol–water partition coefficient (Wildman–Crippen LogP) is 5.65. The molecule has 2 amide bonds. The first-order valence-corrected chi connectivity index (χ1v) is 9.06. The van der Waals surface area contributed by atoms with E-state index in [0.717, 1.165) is 16.8 Å². The van der Waals surface area contributed by atoms with E-state index in [2.05, 4.69) is 40.3 Å². The van der Waals surface area contributed by atoms with Gasteiger partial charge < -0.3 is 10.2 Å². The molecule has 0 bridgehead atoms. The third-order valence-corrected chi connectivity index (χ3v) is 4.74. The van der Waals surface area contributed by atoms with E-state index in [1.165, 1.54) is 5.56 Å². The molecule has 5 heteroatoms. The molecule has 0 saturated carbocycles. The summed E-state index contributed by atoms with van der Waals surface area (Å²) in [4.78, 5) is 19.0. The molecule has 3 aromatic carbocycles. The fourth-order valence-corrected chi connectivity index (χ4v) is 3.23. The molecule has 0 aromatic heterocycles. The van der Waals surface area contributed by atoms with Crippen LogP contribution < -0.4 is 10.2 Å². The lowest BCUT2D eigenvalue weighted by Crippen LogP contribution is -2.26. The number of benzene rings is 3. The molecule has 0 spiro atoms. The molecule has 4 rings (SSSR count). The van der Waals surface area contributed by atoms with Crippen LogP contribution in [0.3, 0.4) is 0 Å². The van der Waals surface area contributed by atoms with Gasteiger partial charge in [0.05, 0.1) is 6.54 Å². The molecule has 1 heterocycles. The summed E-state index contributed by atoms with van der Waals surface area (Å²) in [6, 6.07) is 22.8. The predicted molar refractivity (Wildman–Crippen MR) is 111 cm³/mol. The first-order chi connectivity index (χ1) is 13.1. The van der Waals surface area contributed by atoms with Gasteiger partial charge in [0.25, 0.3) is 0 Å². The molecule has 0 aliphatic carbocycles. The molecule has 1 N–H and O–H groups in total. The van der Waals surface area contributed by atoms with Gasteiger partial charge in [-0.05, 0) is 48.9 Å². The summed E-state index contributed by atoms with van der Waals surface area (Å²) in [6.45, 7) is 2.74. The highest BCUT2D eigenvalue weighted by atomic mass is 35.5. The first-order valence-electron chi connectivity index (χ1n) is 8.68. The molecule has 3 aromatic rings. The van der Waals surface area contributed by atoms with E-state index in [1.807, 2.05) is 30.3 Å². The Hall–Kier alpha value is -3.11. The number of amidine groups is 1. The molecule has 0 fully saturated rings. The van der Waals surface area contributed by atoms with Crippen LogP contribution in [0.15, 0.2) is 77.8 Å². The van der Waals surface area contributed by atoms with Gasteiger partial charge in [-0.3, -0.25) is 0 Å². The fraction of sp³-hybridized carbons (Fsp3) is 0.0909. The lowest BCUT2D eigenvalue weighted by molar-refractivity contribution is 0.259. The summed E-state index contributed by atoms with van der Waals surface area (Å²) < 4.78 is 0. The normalized spacial score (nSPS) is 14.3. The molecule has 4 nitrogen and oxygen atoms in total. The minimum absolute atomic E-state index is 0.416. The number of nitrogens with one attached hydrogen (secondary N) is 1. The van der Waals surface area contributed by atoms with Gasteiger partial charge in [0.15, 0.2) is 0 Å². The van der Waals surface area contributed by atoms with Crippen LogP contribution in [-0.4, -0.2) is 11.9 Å². The number of aliphatic imine (C=N–C) groups is 1. The third-order valence-electron chi connectivity index (χ3n) is 4.49. The van der Waals surface area contributed by atoms with Crippen LogP contribution in [0.25, 0.3) is 0 Å². The number of halogens is 1. The number of carbonyl (C=O) groups is 1. The topological polar surface area (TPSA) is 44.7 Å². The molecule has 0 atom stereocenters. The maximum absolute atomic E-state index is 12.5. The van der Waals surface area contributed by atoms with E-state index in [0.29, 0.717) is 23.1 Å². The second kappa shape index (κ2) is 7.25. The van der Waals surface area contributed by atoms with Crippen molar-refractivity contribution >= 4 is 34.8 Å². The van der Waals surface area contributed by atoms with Crippen molar-refractivity contribution in [3.05, 3.63) is 94.5 Å². The highest BCUT2D eigenvalue weighted by molar-refractivity contribution is 6.30. The number of hydrogen-bond donors (Lipinski definition) is 1.